The van der Waals surface area contributed by atoms with Gasteiger partial charge in [-0.15, -0.1) is 0 Å². The fourth-order valence-electron chi connectivity index (χ4n) is 3.23. The molecule has 0 bridgehead atoms. The first-order valence-electron chi connectivity index (χ1n) is 10.4. The summed E-state index contributed by atoms with van der Waals surface area (Å²) in [5, 5.41) is 7.82. The van der Waals surface area contributed by atoms with Crippen LogP contribution in [0.25, 0.3) is 0 Å². The van der Waals surface area contributed by atoms with Gasteiger partial charge in [0.2, 0.25) is 0 Å². The molecule has 0 saturated heterocycles. The van der Waals surface area contributed by atoms with E-state index >= 15 is 0 Å². The van der Waals surface area contributed by atoms with Crippen LogP contribution in [0.2, 0.25) is 0 Å². The molecule has 0 N–H and O–H groups in total. The molecular formula is C19H20F17N2P. The normalized spacial score (nSPS) is 15.9. The first kappa shape index (κ1) is 36.9. The molecule has 0 aromatic carbocycles. The van der Waals surface area contributed by atoms with E-state index in [0.717, 1.165) is 0 Å². The Morgan fingerprint density at radius 2 is 0.974 bits per heavy atom. The Morgan fingerprint density at radius 1 is 0.615 bits per heavy atom. The summed E-state index contributed by atoms with van der Waals surface area (Å²) < 4.78 is 222. The van der Waals surface area contributed by atoms with Gasteiger partial charge in [0.15, 0.2) is 12.4 Å². The van der Waals surface area contributed by atoms with Gasteiger partial charge in [0, 0.05) is 18.6 Å². The van der Waals surface area contributed by atoms with Crippen molar-refractivity contribution in [3.63, 3.8) is 0 Å². The number of halogens is 17. The van der Waals surface area contributed by atoms with Gasteiger partial charge in [0.05, 0.1) is 0 Å². The quantitative estimate of drug-likeness (QED) is 0.116. The molecule has 0 aliphatic rings. The van der Waals surface area contributed by atoms with E-state index < -0.39 is 54.3 Å². The van der Waals surface area contributed by atoms with Crippen LogP contribution in [-0.2, 0) is 6.54 Å². The molecule has 20 heteroatoms. The van der Waals surface area contributed by atoms with Crippen LogP contribution in [0.1, 0.15) is 32.6 Å². The van der Waals surface area contributed by atoms with E-state index in [2.05, 4.69) is 42.1 Å². The molecule has 1 aromatic rings. The summed E-state index contributed by atoms with van der Waals surface area (Å²) in [6.45, 7) is -10.5. The van der Waals surface area contributed by atoms with Gasteiger partial charge < -0.3 is 0 Å². The Labute approximate surface area is 209 Å². The van der Waals surface area contributed by atoms with E-state index in [4.69, 9.17) is 5.26 Å². The molecule has 0 radical (unpaired) electrons. The molecule has 0 saturated carbocycles. The minimum absolute atomic E-state index is 0.905. The first-order chi connectivity index (χ1) is 17.1. The third-order valence-electron chi connectivity index (χ3n) is 5.57. The van der Waals surface area contributed by atoms with Gasteiger partial charge in [-0.3, -0.25) is 0 Å². The molecule has 0 aliphatic carbocycles. The minimum atomic E-state index is -13.9. The summed E-state index contributed by atoms with van der Waals surface area (Å²) in [6, 6.07) is 5.32. The zero-order valence-corrected chi connectivity index (χ0v) is 20.3. The van der Waals surface area contributed by atoms with E-state index in [0.29, 0.717) is 0 Å². The van der Waals surface area contributed by atoms with Crippen LogP contribution in [0.5, 0.6) is 0 Å². The number of nitrogens with zero attached hydrogens (tertiary/aromatic N) is 2. The van der Waals surface area contributed by atoms with Crippen molar-refractivity contribution in [2.45, 2.75) is 74.7 Å². The second kappa shape index (κ2) is 10.7. The standard InChI is InChI=1S/C11H18N.C8H2F17NP/c1-2-3-4-6-9-12-10-7-5-8-11-12;9-3(10,11)6(18,19)27(24,25,2-1-26,7(20,21)4(12,13)14)8(22,23)5(15,16)17/h5,7-8,10-11H,2-4,6,9H2,1H3;2H2/q+1;-1. The number of hydrogen-bond donors (Lipinski definition) is 0. The predicted molar refractivity (Wildman–Crippen MR) is 103 cm³/mol. The third kappa shape index (κ3) is 5.10. The fraction of sp³-hybridized carbons (Fsp3) is 0.684. The van der Waals surface area contributed by atoms with Gasteiger partial charge in [-0.05, 0) is 6.42 Å². The van der Waals surface area contributed by atoms with Crippen LogP contribution in [0.4, 0.5) is 74.3 Å². The van der Waals surface area contributed by atoms with Crippen molar-refractivity contribution in [2.24, 2.45) is 0 Å². The molecule has 39 heavy (non-hydrogen) atoms. The monoisotopic (exact) mass is 630 g/mol. The number of hydrogen-bond acceptors (Lipinski definition) is 1. The number of unbranched alkanes of at least 4 members (excludes halogenated alkanes) is 3. The SMILES string of the molecule is CCCCCC[n+]1ccccc1.N#CC[P-](F)(F)(C(F)(F)C(F)(F)F)(C(F)(F)C(F)(F)F)C(F)(F)C(F)(F)F. The zero-order chi connectivity index (χ0) is 31.5. The molecule has 1 heterocycles. The van der Waals surface area contributed by atoms with Gasteiger partial charge in [0.1, 0.15) is 6.54 Å². The van der Waals surface area contributed by atoms with E-state index in [-0.39, 0.29) is 0 Å². The molecule has 0 spiro atoms. The molecule has 1 aromatic heterocycles. The fourth-order valence-corrected chi connectivity index (χ4v) is 7.07. The maximum absolute atomic E-state index is 14.5. The molecule has 0 atom stereocenters. The number of aromatic nitrogens is 1. The number of aryl methyl sites for hydroxylation is 1. The van der Waals surface area contributed by atoms with Crippen molar-refractivity contribution in [2.75, 3.05) is 6.16 Å². The summed E-state index contributed by atoms with van der Waals surface area (Å²) in [6.07, 6.45) is -20.9. The molecule has 0 aliphatic heterocycles. The van der Waals surface area contributed by atoms with Gasteiger partial charge in [0.25, 0.3) is 0 Å². The van der Waals surface area contributed by atoms with E-state index in [1.165, 1.54) is 32.2 Å². The molecule has 2 nitrogen and oxygen atoms in total. The topological polar surface area (TPSA) is 27.7 Å². The maximum atomic E-state index is 14.5. The van der Waals surface area contributed by atoms with Crippen molar-refractivity contribution in [1.82, 2.24) is 0 Å². The average molecular weight is 630 g/mol. The van der Waals surface area contributed by atoms with Crippen LogP contribution in [0, 0.1) is 11.3 Å². The zero-order valence-electron chi connectivity index (χ0n) is 19.4. The van der Waals surface area contributed by atoms with Gasteiger partial charge >= 0.3 is 134 Å². The molecule has 1 rings (SSSR count). The van der Waals surface area contributed by atoms with Crippen LogP contribution < -0.4 is 4.57 Å². The van der Waals surface area contributed by atoms with Crippen molar-refractivity contribution in [1.29, 1.82) is 5.26 Å². The summed E-state index contributed by atoms with van der Waals surface area (Å²) in [7, 11) is 0. The molecule has 0 unspecified atom stereocenters. The average Bonchev–Trinajstić information content (AvgIpc) is 2.75. The second-order valence-corrected chi connectivity index (χ2v) is 13.5. The number of alkyl halides is 15. The van der Waals surface area contributed by atoms with Crippen molar-refractivity contribution >= 4 is 6.57 Å². The molecule has 230 valence electrons. The molecule has 0 amide bonds. The second-order valence-electron chi connectivity index (χ2n) is 8.23. The third-order valence-corrected chi connectivity index (χ3v) is 11.3. The Morgan fingerprint density at radius 3 is 1.26 bits per heavy atom. The number of pyridine rings is 1. The number of nitriles is 1. The molecule has 0 fully saturated rings. The summed E-state index contributed by atoms with van der Waals surface area (Å²) in [5.74, 6) is 0. The summed E-state index contributed by atoms with van der Waals surface area (Å²) in [5.41, 5.74) is -27.9. The predicted octanol–water partition coefficient (Wildman–Crippen LogP) is 9.39. The Balaban J connectivity index is 0.000000992. The van der Waals surface area contributed by atoms with Crippen molar-refractivity contribution in [3.8, 4) is 6.07 Å². The Hall–Kier alpha value is -2.12. The van der Waals surface area contributed by atoms with Gasteiger partial charge in [-0.25, -0.2) is 4.57 Å². The van der Waals surface area contributed by atoms with Crippen LogP contribution in [0.15, 0.2) is 30.6 Å². The van der Waals surface area contributed by atoms with Crippen LogP contribution in [-0.4, -0.2) is 41.7 Å². The van der Waals surface area contributed by atoms with Crippen LogP contribution >= 0.6 is 6.57 Å². The van der Waals surface area contributed by atoms with Crippen LogP contribution in [0.3, 0.4) is 0 Å². The number of rotatable bonds is 9. The van der Waals surface area contributed by atoms with Gasteiger partial charge in [-0.2, -0.15) is 0 Å². The van der Waals surface area contributed by atoms with Gasteiger partial charge in [-0.1, -0.05) is 25.8 Å². The van der Waals surface area contributed by atoms with E-state index in [9.17, 15) is 74.3 Å². The molecular weight excluding hydrogens is 610 g/mol. The van der Waals surface area contributed by atoms with E-state index in [1.54, 1.807) is 0 Å². The van der Waals surface area contributed by atoms with Crippen molar-refractivity contribution < 1.29 is 78.8 Å². The van der Waals surface area contributed by atoms with Crippen molar-refractivity contribution in [3.05, 3.63) is 30.6 Å². The van der Waals surface area contributed by atoms with E-state index in [1.807, 2.05) is 0 Å². The Bertz CT molecular complexity index is 930. The first-order valence-corrected chi connectivity index (χ1v) is 13.0. The summed E-state index contributed by atoms with van der Waals surface area (Å²) in [4.78, 5) is 0. The summed E-state index contributed by atoms with van der Waals surface area (Å²) >= 11 is 0. The Kier molecular flexibility index (Phi) is 10.1.